The van der Waals surface area contributed by atoms with Crippen LogP contribution in [-0.4, -0.2) is 54.0 Å². The maximum atomic E-state index is 11.9. The van der Waals surface area contributed by atoms with E-state index in [2.05, 4.69) is 36.1 Å². The highest BCUT2D eigenvalue weighted by atomic mass is 79.9. The Labute approximate surface area is 151 Å². The predicted molar refractivity (Wildman–Crippen MR) is 95.1 cm³/mol. The minimum Gasteiger partial charge on any atom is -0.444 e. The van der Waals surface area contributed by atoms with Crippen LogP contribution in [0.25, 0.3) is 0 Å². The summed E-state index contributed by atoms with van der Waals surface area (Å²) in [4.78, 5) is 22.8. The molecule has 134 valence electrons. The molecule has 7 nitrogen and oxygen atoms in total. The number of anilines is 1. The van der Waals surface area contributed by atoms with Gasteiger partial charge in [-0.25, -0.2) is 14.8 Å². The van der Waals surface area contributed by atoms with Crippen molar-refractivity contribution >= 4 is 28.0 Å². The van der Waals surface area contributed by atoms with Crippen LogP contribution in [0.1, 0.15) is 33.6 Å². The zero-order valence-corrected chi connectivity index (χ0v) is 16.2. The molecule has 2 rings (SSSR count). The molecule has 24 heavy (non-hydrogen) atoms. The fraction of sp³-hybridized carbons (Fsp3) is 0.688. The summed E-state index contributed by atoms with van der Waals surface area (Å²) >= 11 is 3.35. The molecule has 1 aliphatic heterocycles. The van der Waals surface area contributed by atoms with Crippen molar-refractivity contribution in [2.75, 3.05) is 25.1 Å². The number of nitrogens with zero attached hydrogens (tertiary/aromatic N) is 3. The van der Waals surface area contributed by atoms with E-state index in [1.54, 1.807) is 19.5 Å². The Morgan fingerprint density at radius 3 is 2.67 bits per heavy atom. The SMILES string of the molecule is CO[C@H]1CCN(c2ncc(Br)cn2)[C@H](CNC(=O)OC(C)(C)C)C1. The molecule has 2 atom stereocenters. The van der Waals surface area contributed by atoms with Gasteiger partial charge in [-0.3, -0.25) is 0 Å². The van der Waals surface area contributed by atoms with E-state index in [1.165, 1.54) is 0 Å². The smallest absolute Gasteiger partial charge is 0.407 e. The van der Waals surface area contributed by atoms with Gasteiger partial charge in [0.25, 0.3) is 0 Å². The van der Waals surface area contributed by atoms with Gasteiger partial charge in [-0.15, -0.1) is 0 Å². The number of rotatable bonds is 4. The van der Waals surface area contributed by atoms with Crippen LogP contribution < -0.4 is 10.2 Å². The molecule has 0 spiro atoms. The van der Waals surface area contributed by atoms with Crippen LogP contribution in [0.15, 0.2) is 16.9 Å². The van der Waals surface area contributed by atoms with Gasteiger partial charge in [-0.05, 0) is 49.5 Å². The average molecular weight is 401 g/mol. The predicted octanol–water partition coefficient (Wildman–Crippen LogP) is 2.75. The molecule has 1 saturated heterocycles. The Hall–Kier alpha value is -1.41. The van der Waals surface area contributed by atoms with Crippen LogP contribution in [-0.2, 0) is 9.47 Å². The minimum atomic E-state index is -0.514. The second kappa shape index (κ2) is 8.11. The van der Waals surface area contributed by atoms with Crippen LogP contribution in [0.2, 0.25) is 0 Å². The largest absolute Gasteiger partial charge is 0.444 e. The summed E-state index contributed by atoms with van der Waals surface area (Å²) in [5.74, 6) is 0.656. The van der Waals surface area contributed by atoms with E-state index in [9.17, 15) is 4.79 Å². The van der Waals surface area contributed by atoms with E-state index >= 15 is 0 Å². The monoisotopic (exact) mass is 400 g/mol. The van der Waals surface area contributed by atoms with E-state index in [-0.39, 0.29) is 12.1 Å². The summed E-state index contributed by atoms with van der Waals surface area (Å²) in [5, 5.41) is 2.84. The normalized spacial score (nSPS) is 21.5. The number of nitrogens with one attached hydrogen (secondary N) is 1. The number of halogens is 1. The Morgan fingerprint density at radius 2 is 2.08 bits per heavy atom. The van der Waals surface area contributed by atoms with E-state index in [0.717, 1.165) is 23.9 Å². The van der Waals surface area contributed by atoms with Crippen molar-refractivity contribution in [3.8, 4) is 0 Å². The quantitative estimate of drug-likeness (QED) is 0.836. The Balaban J connectivity index is 2.03. The number of hydrogen-bond acceptors (Lipinski definition) is 6. The highest BCUT2D eigenvalue weighted by Crippen LogP contribution is 2.24. The summed E-state index contributed by atoms with van der Waals surface area (Å²) in [7, 11) is 1.72. The van der Waals surface area contributed by atoms with Crippen molar-refractivity contribution < 1.29 is 14.3 Å². The average Bonchev–Trinajstić information content (AvgIpc) is 2.52. The van der Waals surface area contributed by atoms with Crippen molar-refractivity contribution in [1.82, 2.24) is 15.3 Å². The molecule has 0 bridgehead atoms. The first-order valence-electron chi connectivity index (χ1n) is 8.02. The fourth-order valence-corrected chi connectivity index (χ4v) is 2.86. The van der Waals surface area contributed by atoms with E-state index < -0.39 is 11.7 Å². The summed E-state index contributed by atoms with van der Waals surface area (Å²) in [6.45, 7) is 6.76. The molecular weight excluding hydrogens is 376 g/mol. The second-order valence-electron chi connectivity index (χ2n) is 6.81. The number of methoxy groups -OCH3 is 1. The summed E-state index contributed by atoms with van der Waals surface area (Å²) in [5.41, 5.74) is -0.514. The zero-order chi connectivity index (χ0) is 17.7. The van der Waals surface area contributed by atoms with Gasteiger partial charge in [0.2, 0.25) is 5.95 Å². The number of piperidine rings is 1. The molecule has 0 saturated carbocycles. The first kappa shape index (κ1) is 18.9. The van der Waals surface area contributed by atoms with Crippen molar-refractivity contribution in [2.45, 2.75) is 51.4 Å². The lowest BCUT2D eigenvalue weighted by molar-refractivity contribution is 0.0491. The number of hydrogen-bond donors (Lipinski definition) is 1. The third-order valence-electron chi connectivity index (χ3n) is 3.75. The number of aromatic nitrogens is 2. The van der Waals surface area contributed by atoms with Gasteiger partial charge >= 0.3 is 6.09 Å². The van der Waals surface area contributed by atoms with Gasteiger partial charge in [-0.2, -0.15) is 0 Å². The molecule has 1 fully saturated rings. The van der Waals surface area contributed by atoms with Gasteiger partial charge in [0, 0.05) is 32.6 Å². The van der Waals surface area contributed by atoms with Gasteiger partial charge in [0.15, 0.2) is 0 Å². The molecule has 0 unspecified atom stereocenters. The number of alkyl carbamates (subject to hydrolysis) is 1. The standard InChI is InChI=1S/C16H25BrN4O3/c1-16(2,3)24-15(22)20-10-12-7-13(23-4)5-6-21(12)14-18-8-11(17)9-19-14/h8-9,12-13H,5-7,10H2,1-4H3,(H,20,22)/t12-,13-/m0/s1. The summed E-state index contributed by atoms with van der Waals surface area (Å²) < 4.78 is 11.6. The van der Waals surface area contributed by atoms with Crippen molar-refractivity contribution in [3.05, 3.63) is 16.9 Å². The van der Waals surface area contributed by atoms with E-state index in [4.69, 9.17) is 9.47 Å². The topological polar surface area (TPSA) is 76.6 Å². The van der Waals surface area contributed by atoms with Crippen LogP contribution in [0.5, 0.6) is 0 Å². The molecular formula is C16H25BrN4O3. The lowest BCUT2D eigenvalue weighted by Crippen LogP contribution is -2.51. The van der Waals surface area contributed by atoms with Crippen LogP contribution >= 0.6 is 15.9 Å². The van der Waals surface area contributed by atoms with Crippen LogP contribution in [0.3, 0.4) is 0 Å². The highest BCUT2D eigenvalue weighted by molar-refractivity contribution is 9.10. The Morgan fingerprint density at radius 1 is 1.42 bits per heavy atom. The maximum absolute atomic E-state index is 11.9. The molecule has 1 aromatic rings. The number of carbonyl (C=O) groups is 1. The van der Waals surface area contributed by atoms with Crippen molar-refractivity contribution in [1.29, 1.82) is 0 Å². The molecule has 1 N–H and O–H groups in total. The first-order chi connectivity index (χ1) is 11.3. The van der Waals surface area contributed by atoms with Gasteiger partial charge in [0.1, 0.15) is 5.60 Å². The van der Waals surface area contributed by atoms with Gasteiger partial charge < -0.3 is 19.7 Å². The minimum absolute atomic E-state index is 0.0531. The molecule has 1 amide bonds. The van der Waals surface area contributed by atoms with Gasteiger partial charge in [-0.1, -0.05) is 0 Å². The Bertz CT molecular complexity index is 547. The van der Waals surface area contributed by atoms with E-state index in [0.29, 0.717) is 12.5 Å². The molecule has 1 aromatic heterocycles. The highest BCUT2D eigenvalue weighted by Gasteiger charge is 2.30. The molecule has 2 heterocycles. The number of amides is 1. The molecule has 8 heteroatoms. The zero-order valence-electron chi connectivity index (χ0n) is 14.6. The van der Waals surface area contributed by atoms with Crippen LogP contribution in [0.4, 0.5) is 10.7 Å². The third kappa shape index (κ3) is 5.59. The lowest BCUT2D eigenvalue weighted by atomic mass is 9.99. The number of carbonyl (C=O) groups excluding carboxylic acids is 1. The first-order valence-corrected chi connectivity index (χ1v) is 8.81. The van der Waals surface area contributed by atoms with Gasteiger partial charge in [0.05, 0.1) is 16.6 Å². The second-order valence-corrected chi connectivity index (χ2v) is 7.73. The summed E-state index contributed by atoms with van der Waals surface area (Å²) in [6.07, 6.45) is 4.90. The Kier molecular flexibility index (Phi) is 6.40. The lowest BCUT2D eigenvalue weighted by Gasteiger charge is -2.39. The maximum Gasteiger partial charge on any atom is 0.407 e. The fourth-order valence-electron chi connectivity index (χ4n) is 2.65. The summed E-state index contributed by atoms with van der Waals surface area (Å²) in [6, 6.07) is 0.0531. The van der Waals surface area contributed by atoms with E-state index in [1.807, 2.05) is 20.8 Å². The van der Waals surface area contributed by atoms with Crippen molar-refractivity contribution in [3.63, 3.8) is 0 Å². The molecule has 0 aromatic carbocycles. The van der Waals surface area contributed by atoms with Crippen LogP contribution in [0, 0.1) is 0 Å². The van der Waals surface area contributed by atoms with Crippen molar-refractivity contribution in [2.24, 2.45) is 0 Å². The molecule has 0 aliphatic carbocycles. The molecule has 1 aliphatic rings. The third-order valence-corrected chi connectivity index (χ3v) is 4.16. The number of ether oxygens (including phenoxy) is 2. The molecule has 0 radical (unpaired) electrons.